The van der Waals surface area contributed by atoms with Crippen molar-refractivity contribution in [3.05, 3.63) is 74.7 Å². The van der Waals surface area contributed by atoms with E-state index in [4.69, 9.17) is 26.9 Å². The van der Waals surface area contributed by atoms with Gasteiger partial charge in [-0.2, -0.15) is 0 Å². The lowest BCUT2D eigenvalue weighted by Crippen LogP contribution is -2.26. The van der Waals surface area contributed by atoms with Gasteiger partial charge in [0, 0.05) is 45.5 Å². The van der Waals surface area contributed by atoms with Gasteiger partial charge in [-0.3, -0.25) is 23.4 Å². The molecule has 11 heteroatoms. The van der Waals surface area contributed by atoms with E-state index in [0.717, 1.165) is 23.0 Å². The number of halogens is 2. The fraction of sp³-hybridized carbons (Fsp3) is 0.217. The Morgan fingerprint density at radius 2 is 2.06 bits per heavy atom. The predicted molar refractivity (Wildman–Crippen MR) is 128 cm³/mol. The number of benzene rings is 2. The summed E-state index contributed by atoms with van der Waals surface area (Å²) in [7, 11) is 1.26. The Morgan fingerprint density at radius 1 is 1.32 bits per heavy atom. The second-order valence-electron chi connectivity index (χ2n) is 7.45. The highest BCUT2D eigenvalue weighted by Crippen LogP contribution is 2.31. The molecular formula is C23H22ClFN6O3. The van der Waals surface area contributed by atoms with Crippen molar-refractivity contribution in [2.24, 2.45) is 12.8 Å². The summed E-state index contributed by atoms with van der Waals surface area (Å²) in [6.07, 6.45) is 1.07. The van der Waals surface area contributed by atoms with Crippen molar-refractivity contribution in [2.75, 3.05) is 19.3 Å². The van der Waals surface area contributed by atoms with Gasteiger partial charge in [0.1, 0.15) is 12.1 Å². The van der Waals surface area contributed by atoms with Gasteiger partial charge in [0.05, 0.1) is 23.9 Å². The summed E-state index contributed by atoms with van der Waals surface area (Å²) < 4.78 is 70.7. The molecule has 2 amide bonds. The van der Waals surface area contributed by atoms with Crippen LogP contribution in [0.15, 0.2) is 41.5 Å². The first-order chi connectivity index (χ1) is 18.8. The molecule has 4 rings (SSSR count). The van der Waals surface area contributed by atoms with Crippen molar-refractivity contribution in [1.29, 1.82) is 0 Å². The standard InChI is InChI=1S/C23H22ClFN6O3/c1-11(28-17-6-5-13(25)9-15(17)20(26)32)14-7-12(24)8-16-19(14)31-10-27-18(23(34)29(2)3)21(31)30(4)22(16)33/h5-11,28H,1-4H3,(H2,26,32)/i2D3,3D3,11D. The number of hydrogen-bond donors (Lipinski definition) is 2. The third-order valence-corrected chi connectivity index (χ3v) is 5.51. The van der Waals surface area contributed by atoms with Gasteiger partial charge in [-0.15, -0.1) is 0 Å². The molecule has 0 spiro atoms. The van der Waals surface area contributed by atoms with E-state index < -0.39 is 48.9 Å². The highest BCUT2D eigenvalue weighted by Gasteiger charge is 2.24. The fourth-order valence-electron chi connectivity index (χ4n) is 3.77. The molecule has 2 aromatic heterocycles. The van der Waals surface area contributed by atoms with Crippen molar-refractivity contribution >= 4 is 45.7 Å². The van der Waals surface area contributed by atoms with Gasteiger partial charge in [0.25, 0.3) is 17.4 Å². The Balaban J connectivity index is 2.03. The number of aryl methyl sites for hydroxylation is 1. The molecule has 0 saturated heterocycles. The van der Waals surface area contributed by atoms with Gasteiger partial charge >= 0.3 is 0 Å². The van der Waals surface area contributed by atoms with Crippen LogP contribution < -0.4 is 16.6 Å². The van der Waals surface area contributed by atoms with Crippen molar-refractivity contribution in [3.63, 3.8) is 0 Å². The first kappa shape index (κ1) is 15.8. The van der Waals surface area contributed by atoms with Gasteiger partial charge in [-0.05, 0) is 37.3 Å². The van der Waals surface area contributed by atoms with Crippen LogP contribution in [0.5, 0.6) is 0 Å². The number of aromatic nitrogens is 3. The van der Waals surface area contributed by atoms with E-state index in [9.17, 15) is 18.8 Å². The third-order valence-electron chi connectivity index (χ3n) is 5.29. The normalized spacial score (nSPS) is 16.9. The molecule has 176 valence electrons. The summed E-state index contributed by atoms with van der Waals surface area (Å²) >= 11 is 6.31. The number of amides is 2. The molecule has 0 radical (unpaired) electrons. The minimum absolute atomic E-state index is 0.00269. The molecule has 0 saturated carbocycles. The van der Waals surface area contributed by atoms with Crippen molar-refractivity contribution in [2.45, 2.75) is 12.9 Å². The largest absolute Gasteiger partial charge is 0.378 e. The molecule has 0 aliphatic heterocycles. The number of hydrogen-bond acceptors (Lipinski definition) is 5. The minimum Gasteiger partial charge on any atom is -0.378 e. The van der Waals surface area contributed by atoms with E-state index in [1.54, 1.807) is 0 Å². The first-order valence-corrected chi connectivity index (χ1v) is 10.1. The lowest BCUT2D eigenvalue weighted by molar-refractivity contribution is 0.0823. The molecule has 1 unspecified atom stereocenters. The molecule has 2 aromatic carbocycles. The Bertz CT molecular complexity index is 1790. The van der Waals surface area contributed by atoms with Gasteiger partial charge in [-0.1, -0.05) is 11.6 Å². The lowest BCUT2D eigenvalue weighted by atomic mass is 10.0. The van der Waals surface area contributed by atoms with Crippen molar-refractivity contribution in [1.82, 2.24) is 18.9 Å². The Morgan fingerprint density at radius 3 is 2.74 bits per heavy atom. The Hall–Kier alpha value is -3.92. The van der Waals surface area contributed by atoms with Crippen LogP contribution in [0.1, 0.15) is 48.9 Å². The smallest absolute Gasteiger partial charge is 0.275 e. The number of primary amides is 1. The van der Waals surface area contributed by atoms with Crippen LogP contribution in [0, 0.1) is 5.82 Å². The molecule has 3 N–H and O–H groups in total. The lowest BCUT2D eigenvalue weighted by Gasteiger charge is -2.21. The number of fused-ring (bicyclic) bond motifs is 3. The number of rotatable bonds is 5. The summed E-state index contributed by atoms with van der Waals surface area (Å²) in [6.45, 7) is -5.39. The van der Waals surface area contributed by atoms with Crippen LogP contribution in [0.25, 0.3) is 16.6 Å². The third kappa shape index (κ3) is 3.75. The van der Waals surface area contributed by atoms with E-state index in [1.165, 1.54) is 36.6 Å². The number of carbonyl (C=O) groups is 2. The molecule has 4 aromatic rings. The maximum atomic E-state index is 13.8. The second kappa shape index (κ2) is 8.45. The molecule has 0 aliphatic rings. The summed E-state index contributed by atoms with van der Waals surface area (Å²) in [5, 5.41) is 2.81. The van der Waals surface area contributed by atoms with Crippen LogP contribution >= 0.6 is 11.6 Å². The molecule has 1 atom stereocenters. The number of carbonyl (C=O) groups excluding carboxylic acids is 2. The van der Waals surface area contributed by atoms with Crippen LogP contribution in [0.3, 0.4) is 0 Å². The zero-order chi connectivity index (χ0) is 30.8. The zero-order valence-corrected chi connectivity index (χ0v) is 18.6. The van der Waals surface area contributed by atoms with E-state index in [2.05, 4.69) is 10.3 Å². The quantitative estimate of drug-likeness (QED) is 0.445. The van der Waals surface area contributed by atoms with E-state index in [-0.39, 0.29) is 43.3 Å². The van der Waals surface area contributed by atoms with Crippen LogP contribution in [0.2, 0.25) is 5.02 Å². The number of nitrogens with one attached hydrogen (secondary N) is 1. The zero-order valence-electron chi connectivity index (χ0n) is 24.8. The predicted octanol–water partition coefficient (Wildman–Crippen LogP) is 2.95. The molecule has 0 bridgehead atoms. The molecule has 2 heterocycles. The fourth-order valence-corrected chi connectivity index (χ4v) is 3.98. The summed E-state index contributed by atoms with van der Waals surface area (Å²) in [5.41, 5.74) is 3.55. The average Bonchev–Trinajstić information content (AvgIpc) is 3.26. The number of nitrogens with two attached hydrogens (primary N) is 1. The van der Waals surface area contributed by atoms with Crippen molar-refractivity contribution in [3.8, 4) is 0 Å². The van der Waals surface area contributed by atoms with Crippen LogP contribution in [0.4, 0.5) is 10.1 Å². The monoisotopic (exact) mass is 491 g/mol. The van der Waals surface area contributed by atoms with Gasteiger partial charge in [0.15, 0.2) is 11.3 Å². The highest BCUT2D eigenvalue weighted by molar-refractivity contribution is 6.31. The maximum Gasteiger partial charge on any atom is 0.275 e. The van der Waals surface area contributed by atoms with Gasteiger partial charge < -0.3 is 16.0 Å². The molecule has 34 heavy (non-hydrogen) atoms. The summed E-state index contributed by atoms with van der Waals surface area (Å²) in [5.74, 6) is -3.20. The first-order valence-electron chi connectivity index (χ1n) is 13.2. The average molecular weight is 492 g/mol. The Labute approximate surface area is 208 Å². The second-order valence-corrected chi connectivity index (χ2v) is 7.88. The summed E-state index contributed by atoms with van der Waals surface area (Å²) in [6, 6.07) is 3.89. The molecule has 0 fully saturated rings. The highest BCUT2D eigenvalue weighted by atomic mass is 35.5. The Kier molecular flexibility index (Phi) is 3.94. The number of nitrogens with zero attached hydrogens (tertiary/aromatic N) is 4. The number of anilines is 1. The van der Waals surface area contributed by atoms with E-state index in [0.29, 0.717) is 0 Å². The number of imidazole rings is 1. The minimum atomic E-state index is -3.37. The van der Waals surface area contributed by atoms with Gasteiger partial charge in [-0.25, -0.2) is 9.37 Å². The van der Waals surface area contributed by atoms with E-state index >= 15 is 0 Å². The van der Waals surface area contributed by atoms with Crippen LogP contribution in [-0.4, -0.2) is 44.6 Å². The molecule has 0 aliphatic carbocycles. The molecular weight excluding hydrogens is 463 g/mol. The van der Waals surface area contributed by atoms with Crippen LogP contribution in [-0.2, 0) is 7.05 Å². The summed E-state index contributed by atoms with van der Waals surface area (Å²) in [4.78, 5) is 42.4. The van der Waals surface area contributed by atoms with Gasteiger partial charge in [0.2, 0.25) is 0 Å². The SMILES string of the molecule is [2H]C(C)(Nc1ccc(F)cc1C(N)=O)c1cc(Cl)cc2c(=O)n(C)c3c(C(=O)N(C([2H])([2H])[2H])C([2H])([2H])[2H])ncn3c12. The van der Waals surface area contributed by atoms with E-state index in [1.807, 2.05) is 0 Å². The molecule has 9 nitrogen and oxygen atoms in total. The maximum absolute atomic E-state index is 13.8. The van der Waals surface area contributed by atoms with Crippen molar-refractivity contribution < 1.29 is 23.6 Å². The topological polar surface area (TPSA) is 115 Å².